The van der Waals surface area contributed by atoms with Crippen molar-refractivity contribution in [3.05, 3.63) is 34.9 Å². The summed E-state index contributed by atoms with van der Waals surface area (Å²) in [7, 11) is 0. The van der Waals surface area contributed by atoms with E-state index in [9.17, 15) is 0 Å². The van der Waals surface area contributed by atoms with Crippen LogP contribution in [-0.4, -0.2) is 12.6 Å². The van der Waals surface area contributed by atoms with Gasteiger partial charge in [-0.15, -0.1) is 0 Å². The first-order valence-corrected chi connectivity index (χ1v) is 6.61. The Morgan fingerprint density at radius 3 is 2.38 bits per heavy atom. The minimum Gasteiger partial charge on any atom is -0.314 e. The number of benzene rings is 1. The first-order chi connectivity index (χ1) is 7.76. The van der Waals surface area contributed by atoms with Gasteiger partial charge in [0.1, 0.15) is 0 Å². The summed E-state index contributed by atoms with van der Waals surface area (Å²) in [5.74, 6) is 0. The first-order valence-electron chi connectivity index (χ1n) is 6.24. The van der Waals surface area contributed by atoms with E-state index >= 15 is 0 Å². The van der Waals surface area contributed by atoms with Gasteiger partial charge in [-0.1, -0.05) is 44.0 Å². The number of nitrogens with one attached hydrogen (secondary N) is 1. The van der Waals surface area contributed by atoms with Gasteiger partial charge in [0.25, 0.3) is 0 Å². The van der Waals surface area contributed by atoms with Crippen LogP contribution in [0.3, 0.4) is 0 Å². The second-order valence-electron chi connectivity index (χ2n) is 4.21. The van der Waals surface area contributed by atoms with E-state index < -0.39 is 0 Å². The number of aryl methyl sites for hydroxylation is 1. The van der Waals surface area contributed by atoms with Crippen LogP contribution >= 0.6 is 11.6 Å². The maximum Gasteiger partial charge on any atom is 0.0406 e. The van der Waals surface area contributed by atoms with Crippen molar-refractivity contribution >= 4 is 11.6 Å². The summed E-state index contributed by atoms with van der Waals surface area (Å²) in [5, 5.41) is 4.36. The van der Waals surface area contributed by atoms with Crippen molar-refractivity contribution in [3.8, 4) is 0 Å². The maximum atomic E-state index is 5.86. The molecular weight excluding hydrogens is 218 g/mol. The second-order valence-corrected chi connectivity index (χ2v) is 4.64. The zero-order chi connectivity index (χ0) is 11.8. The number of hydrogen-bond acceptors (Lipinski definition) is 1. The van der Waals surface area contributed by atoms with Crippen molar-refractivity contribution in [2.45, 2.75) is 45.6 Å². The fourth-order valence-electron chi connectivity index (χ4n) is 1.98. The average molecular weight is 240 g/mol. The summed E-state index contributed by atoms with van der Waals surface area (Å²) >= 11 is 5.86. The standard InChI is InChI=1S/C14H22ClN/c1-3-5-14(16-4-2)11-8-12-6-9-13(15)10-7-12/h6-7,9-10,14,16H,3-5,8,11H2,1-2H3. The van der Waals surface area contributed by atoms with Gasteiger partial charge in [-0.3, -0.25) is 0 Å². The highest BCUT2D eigenvalue weighted by Crippen LogP contribution is 2.13. The molecule has 1 rings (SSSR count). The molecule has 1 nitrogen and oxygen atoms in total. The minimum absolute atomic E-state index is 0.658. The summed E-state index contributed by atoms with van der Waals surface area (Å²) in [5.41, 5.74) is 1.38. The summed E-state index contributed by atoms with van der Waals surface area (Å²) < 4.78 is 0. The Hall–Kier alpha value is -0.530. The van der Waals surface area contributed by atoms with Gasteiger partial charge in [0.15, 0.2) is 0 Å². The third-order valence-corrected chi connectivity index (χ3v) is 3.08. The van der Waals surface area contributed by atoms with E-state index in [1.807, 2.05) is 12.1 Å². The molecule has 0 saturated heterocycles. The molecule has 2 heteroatoms. The van der Waals surface area contributed by atoms with Crippen LogP contribution in [0.25, 0.3) is 0 Å². The Bertz CT molecular complexity index is 275. The number of rotatable bonds is 7. The van der Waals surface area contributed by atoms with E-state index in [-0.39, 0.29) is 0 Å². The summed E-state index contributed by atoms with van der Waals surface area (Å²) in [4.78, 5) is 0. The van der Waals surface area contributed by atoms with E-state index in [2.05, 4.69) is 31.3 Å². The SMILES string of the molecule is CCCC(CCc1ccc(Cl)cc1)NCC. The zero-order valence-electron chi connectivity index (χ0n) is 10.3. The topological polar surface area (TPSA) is 12.0 Å². The van der Waals surface area contributed by atoms with Crippen molar-refractivity contribution in [2.24, 2.45) is 0 Å². The molecule has 1 aromatic rings. The molecule has 16 heavy (non-hydrogen) atoms. The molecule has 0 aliphatic carbocycles. The Kier molecular flexibility index (Phi) is 6.51. The maximum absolute atomic E-state index is 5.86. The molecule has 0 bridgehead atoms. The van der Waals surface area contributed by atoms with Gasteiger partial charge in [0.05, 0.1) is 0 Å². The van der Waals surface area contributed by atoms with Crippen LogP contribution in [0.4, 0.5) is 0 Å². The first kappa shape index (κ1) is 13.5. The average Bonchev–Trinajstić information content (AvgIpc) is 2.29. The molecule has 0 fully saturated rings. The lowest BCUT2D eigenvalue weighted by Crippen LogP contribution is -2.29. The van der Waals surface area contributed by atoms with E-state index in [0.717, 1.165) is 18.0 Å². The van der Waals surface area contributed by atoms with Crippen molar-refractivity contribution in [1.82, 2.24) is 5.32 Å². The predicted molar refractivity (Wildman–Crippen MR) is 72.1 cm³/mol. The Morgan fingerprint density at radius 2 is 1.81 bits per heavy atom. The molecule has 0 aliphatic rings. The second kappa shape index (κ2) is 7.70. The van der Waals surface area contributed by atoms with Gasteiger partial charge in [0.2, 0.25) is 0 Å². The van der Waals surface area contributed by atoms with E-state index in [1.165, 1.54) is 24.8 Å². The van der Waals surface area contributed by atoms with Crippen molar-refractivity contribution in [1.29, 1.82) is 0 Å². The molecule has 0 aliphatic heterocycles. The van der Waals surface area contributed by atoms with E-state index in [1.54, 1.807) is 0 Å². The Balaban J connectivity index is 2.38. The normalized spacial score (nSPS) is 12.7. The quantitative estimate of drug-likeness (QED) is 0.757. The molecule has 90 valence electrons. The van der Waals surface area contributed by atoms with Gasteiger partial charge >= 0.3 is 0 Å². The lowest BCUT2D eigenvalue weighted by atomic mass is 10.0. The highest BCUT2D eigenvalue weighted by Gasteiger charge is 2.05. The number of halogens is 1. The molecule has 0 amide bonds. The molecule has 0 heterocycles. The molecule has 1 aromatic carbocycles. The summed E-state index contributed by atoms with van der Waals surface area (Å²) in [6, 6.07) is 8.85. The van der Waals surface area contributed by atoms with E-state index in [0.29, 0.717) is 6.04 Å². The molecule has 0 saturated carbocycles. The van der Waals surface area contributed by atoms with Crippen LogP contribution < -0.4 is 5.32 Å². The third-order valence-electron chi connectivity index (χ3n) is 2.82. The molecule has 0 spiro atoms. The van der Waals surface area contributed by atoms with Gasteiger partial charge in [0, 0.05) is 11.1 Å². The molecular formula is C14H22ClN. The Morgan fingerprint density at radius 1 is 1.12 bits per heavy atom. The smallest absolute Gasteiger partial charge is 0.0406 e. The van der Waals surface area contributed by atoms with Gasteiger partial charge < -0.3 is 5.32 Å². The third kappa shape index (κ3) is 5.00. The fraction of sp³-hybridized carbons (Fsp3) is 0.571. The highest BCUT2D eigenvalue weighted by atomic mass is 35.5. The van der Waals surface area contributed by atoms with Gasteiger partial charge in [-0.05, 0) is 43.5 Å². The summed E-state index contributed by atoms with van der Waals surface area (Å²) in [6.45, 7) is 5.48. The van der Waals surface area contributed by atoms with Crippen molar-refractivity contribution in [2.75, 3.05) is 6.54 Å². The van der Waals surface area contributed by atoms with Crippen LogP contribution in [0.1, 0.15) is 38.7 Å². The molecule has 0 aromatic heterocycles. The minimum atomic E-state index is 0.658. The Labute approximate surface area is 104 Å². The van der Waals surface area contributed by atoms with Crippen LogP contribution in [-0.2, 0) is 6.42 Å². The monoisotopic (exact) mass is 239 g/mol. The lowest BCUT2D eigenvalue weighted by molar-refractivity contribution is 0.460. The van der Waals surface area contributed by atoms with Crippen LogP contribution in [0.5, 0.6) is 0 Å². The van der Waals surface area contributed by atoms with Crippen LogP contribution in [0, 0.1) is 0 Å². The molecule has 1 N–H and O–H groups in total. The zero-order valence-corrected chi connectivity index (χ0v) is 11.1. The summed E-state index contributed by atoms with van der Waals surface area (Å²) in [6.07, 6.45) is 4.86. The van der Waals surface area contributed by atoms with Crippen LogP contribution in [0.15, 0.2) is 24.3 Å². The van der Waals surface area contributed by atoms with Gasteiger partial charge in [-0.2, -0.15) is 0 Å². The van der Waals surface area contributed by atoms with Crippen molar-refractivity contribution in [3.63, 3.8) is 0 Å². The van der Waals surface area contributed by atoms with E-state index in [4.69, 9.17) is 11.6 Å². The molecule has 1 unspecified atom stereocenters. The fourth-order valence-corrected chi connectivity index (χ4v) is 2.10. The molecule has 1 atom stereocenters. The van der Waals surface area contributed by atoms with Crippen LogP contribution in [0.2, 0.25) is 5.02 Å². The van der Waals surface area contributed by atoms with Gasteiger partial charge in [-0.25, -0.2) is 0 Å². The largest absolute Gasteiger partial charge is 0.314 e. The molecule has 0 radical (unpaired) electrons. The highest BCUT2D eigenvalue weighted by molar-refractivity contribution is 6.30. The predicted octanol–water partition coefficient (Wildman–Crippen LogP) is 4.05. The lowest BCUT2D eigenvalue weighted by Gasteiger charge is -2.16. The van der Waals surface area contributed by atoms with Crippen molar-refractivity contribution < 1.29 is 0 Å². The number of hydrogen-bond donors (Lipinski definition) is 1.